The van der Waals surface area contributed by atoms with Crippen molar-refractivity contribution >= 4 is 39.5 Å². The first kappa shape index (κ1) is 97.1. The molecule has 0 aromatic rings. The van der Waals surface area contributed by atoms with E-state index < -0.39 is 97.5 Å². The van der Waals surface area contributed by atoms with Gasteiger partial charge < -0.3 is 33.8 Å². The van der Waals surface area contributed by atoms with Crippen LogP contribution in [-0.2, 0) is 65.4 Å². The fourth-order valence-corrected chi connectivity index (χ4v) is 13.9. The average Bonchev–Trinajstić information content (AvgIpc) is 1.35. The van der Waals surface area contributed by atoms with E-state index in [1.165, 1.54) is 225 Å². The number of ether oxygens (including phenoxy) is 4. The molecule has 0 heterocycles. The highest BCUT2D eigenvalue weighted by atomic mass is 31.2. The van der Waals surface area contributed by atoms with Gasteiger partial charge in [0.05, 0.1) is 26.4 Å². The van der Waals surface area contributed by atoms with Crippen molar-refractivity contribution in [2.75, 3.05) is 39.6 Å². The lowest BCUT2D eigenvalue weighted by molar-refractivity contribution is -0.161. The topological polar surface area (TPSA) is 237 Å². The van der Waals surface area contributed by atoms with Crippen LogP contribution >= 0.6 is 15.6 Å². The molecular weight excluding hydrogens is 1290 g/mol. The van der Waals surface area contributed by atoms with Gasteiger partial charge in [-0.2, -0.15) is 0 Å². The number of phosphoric ester groups is 2. The minimum Gasteiger partial charge on any atom is -0.462 e. The van der Waals surface area contributed by atoms with Crippen LogP contribution in [0.4, 0.5) is 0 Å². The molecular formula is C80H156O17P2. The lowest BCUT2D eigenvalue weighted by atomic mass is 9.99. The van der Waals surface area contributed by atoms with Gasteiger partial charge >= 0.3 is 39.5 Å². The fraction of sp³-hybridized carbons (Fsp3) is 0.950. The van der Waals surface area contributed by atoms with E-state index in [0.717, 1.165) is 108 Å². The molecule has 19 heteroatoms. The summed E-state index contributed by atoms with van der Waals surface area (Å²) in [6.07, 6.45) is 58.4. The van der Waals surface area contributed by atoms with E-state index in [0.29, 0.717) is 25.7 Å². The van der Waals surface area contributed by atoms with Crippen LogP contribution in [0.3, 0.4) is 0 Å². The van der Waals surface area contributed by atoms with Crippen LogP contribution in [0.15, 0.2) is 0 Å². The number of carbonyl (C=O) groups is 4. The van der Waals surface area contributed by atoms with Gasteiger partial charge in [-0.05, 0) is 43.4 Å². The number of aliphatic hydroxyl groups is 1. The summed E-state index contributed by atoms with van der Waals surface area (Å²) in [5.41, 5.74) is 0. The number of carbonyl (C=O) groups excluding carboxylic acids is 4. The Morgan fingerprint density at radius 3 is 0.768 bits per heavy atom. The first-order chi connectivity index (χ1) is 47.8. The second-order valence-electron chi connectivity index (χ2n) is 30.0. The number of hydrogen-bond donors (Lipinski definition) is 3. The number of unbranched alkanes of at least 4 members (excludes halogenated alkanes) is 45. The maximum atomic E-state index is 13.1. The molecule has 0 saturated carbocycles. The molecule has 0 aromatic carbocycles. The number of hydrogen-bond acceptors (Lipinski definition) is 15. The summed E-state index contributed by atoms with van der Waals surface area (Å²) in [7, 11) is -9.92. The van der Waals surface area contributed by atoms with Gasteiger partial charge in [-0.25, -0.2) is 9.13 Å². The quantitative estimate of drug-likeness (QED) is 0.0222. The molecule has 0 radical (unpaired) electrons. The van der Waals surface area contributed by atoms with Crippen molar-refractivity contribution in [1.82, 2.24) is 0 Å². The van der Waals surface area contributed by atoms with Crippen molar-refractivity contribution in [3.05, 3.63) is 0 Å². The van der Waals surface area contributed by atoms with Gasteiger partial charge in [0.25, 0.3) is 0 Å². The molecule has 0 saturated heterocycles. The molecule has 0 aliphatic heterocycles. The Morgan fingerprint density at radius 2 is 0.515 bits per heavy atom. The van der Waals surface area contributed by atoms with Gasteiger partial charge in [0.2, 0.25) is 0 Å². The van der Waals surface area contributed by atoms with Crippen LogP contribution in [0.1, 0.15) is 414 Å². The molecule has 0 spiro atoms. The molecule has 0 fully saturated rings. The van der Waals surface area contributed by atoms with Gasteiger partial charge in [-0.1, -0.05) is 363 Å². The van der Waals surface area contributed by atoms with Gasteiger partial charge in [-0.15, -0.1) is 0 Å². The van der Waals surface area contributed by atoms with E-state index in [9.17, 15) is 43.2 Å². The normalized spacial score (nSPS) is 14.3. The summed E-state index contributed by atoms with van der Waals surface area (Å²) in [5.74, 6) is 0.156. The Labute approximate surface area is 607 Å². The van der Waals surface area contributed by atoms with Crippen LogP contribution in [0.2, 0.25) is 0 Å². The zero-order chi connectivity index (χ0) is 73.0. The average molecular weight is 1450 g/mol. The molecule has 17 nitrogen and oxygen atoms in total. The summed E-state index contributed by atoms with van der Waals surface area (Å²) in [4.78, 5) is 72.9. The number of esters is 4. The Kier molecular flexibility index (Phi) is 69.0. The second kappa shape index (κ2) is 70.4. The highest BCUT2D eigenvalue weighted by Gasteiger charge is 2.30. The van der Waals surface area contributed by atoms with E-state index >= 15 is 0 Å². The molecule has 588 valence electrons. The first-order valence-electron chi connectivity index (χ1n) is 41.4. The monoisotopic (exact) mass is 1450 g/mol. The van der Waals surface area contributed by atoms with Crippen molar-refractivity contribution in [2.24, 2.45) is 17.8 Å². The van der Waals surface area contributed by atoms with E-state index in [2.05, 4.69) is 48.5 Å². The van der Waals surface area contributed by atoms with E-state index in [1.54, 1.807) is 0 Å². The van der Waals surface area contributed by atoms with Gasteiger partial charge in [0.15, 0.2) is 12.2 Å². The highest BCUT2D eigenvalue weighted by molar-refractivity contribution is 7.47. The minimum atomic E-state index is -4.96. The van der Waals surface area contributed by atoms with Crippen molar-refractivity contribution in [3.63, 3.8) is 0 Å². The van der Waals surface area contributed by atoms with Gasteiger partial charge in [0, 0.05) is 25.7 Å². The maximum Gasteiger partial charge on any atom is 0.472 e. The van der Waals surface area contributed by atoms with Crippen LogP contribution in [0.25, 0.3) is 0 Å². The van der Waals surface area contributed by atoms with Crippen molar-refractivity contribution < 1.29 is 80.2 Å². The molecule has 99 heavy (non-hydrogen) atoms. The van der Waals surface area contributed by atoms with Gasteiger partial charge in [-0.3, -0.25) is 37.3 Å². The summed E-state index contributed by atoms with van der Waals surface area (Å²) in [5, 5.41) is 10.6. The molecule has 3 unspecified atom stereocenters. The van der Waals surface area contributed by atoms with Crippen LogP contribution < -0.4 is 0 Å². The largest absolute Gasteiger partial charge is 0.472 e. The predicted octanol–water partition coefficient (Wildman–Crippen LogP) is 23.7. The van der Waals surface area contributed by atoms with Crippen molar-refractivity contribution in [1.29, 1.82) is 0 Å². The highest BCUT2D eigenvalue weighted by Crippen LogP contribution is 2.45. The molecule has 0 aliphatic carbocycles. The molecule has 0 rings (SSSR count). The predicted molar refractivity (Wildman–Crippen MR) is 405 cm³/mol. The molecule has 0 bridgehead atoms. The Morgan fingerprint density at radius 1 is 0.293 bits per heavy atom. The zero-order valence-corrected chi connectivity index (χ0v) is 66.8. The van der Waals surface area contributed by atoms with E-state index in [1.807, 2.05) is 0 Å². The molecule has 6 atom stereocenters. The Bertz CT molecular complexity index is 1920. The summed E-state index contributed by atoms with van der Waals surface area (Å²) in [6.45, 7) is 11.9. The van der Waals surface area contributed by atoms with Crippen molar-refractivity contribution in [2.45, 2.75) is 433 Å². The SMILES string of the molecule is CCCCCCCCCCCCCCCCCCCCCCCCC(=O)O[C@H](COC(=O)CCCCCCCCCCCCC(C)CC)COP(=O)(O)OC[C@@H](O)COP(=O)(O)OC[C@@H](COC(=O)CCCCCCCCCCC(C)C)OC(=O)CCCCCCCCCCCC(C)C. The number of rotatable bonds is 78. The number of phosphoric acid groups is 2. The maximum absolute atomic E-state index is 13.1. The summed E-state index contributed by atoms with van der Waals surface area (Å²) < 4.78 is 68.6. The fourth-order valence-electron chi connectivity index (χ4n) is 12.3. The lowest BCUT2D eigenvalue weighted by Crippen LogP contribution is -2.30. The molecule has 0 aliphatic rings. The molecule has 0 aromatic heterocycles. The third-order valence-electron chi connectivity index (χ3n) is 19.0. The smallest absolute Gasteiger partial charge is 0.462 e. The minimum absolute atomic E-state index is 0.105. The van der Waals surface area contributed by atoms with Crippen LogP contribution in [-0.4, -0.2) is 96.7 Å². The summed E-state index contributed by atoms with van der Waals surface area (Å²) >= 11 is 0. The third-order valence-corrected chi connectivity index (χ3v) is 20.9. The van der Waals surface area contributed by atoms with E-state index in [-0.39, 0.29) is 25.7 Å². The molecule has 0 amide bonds. The summed E-state index contributed by atoms with van der Waals surface area (Å²) in [6, 6.07) is 0. The standard InChI is InChI=1S/C80H156O17P2/c1-8-10-11-12-13-14-15-16-17-18-19-20-21-22-23-24-25-26-33-42-49-56-63-79(84)96-75(67-90-77(82)61-54-47-40-32-28-27-31-39-46-53-60-73(7)9-2)69-94-98(86,87)92-65-74(81)66-93-99(88,89)95-70-76(68-91-78(83)62-55-48-41-36-35-38-45-52-59-72(5)6)97-80(85)64-57-50-43-34-29-30-37-44-51-58-71(3)4/h71-76,81H,8-70H2,1-7H3,(H,86,87)(H,88,89)/t73?,74-,75-,76-/m1/s1. The van der Waals surface area contributed by atoms with Crippen molar-refractivity contribution in [3.8, 4) is 0 Å². The van der Waals surface area contributed by atoms with Crippen LogP contribution in [0.5, 0.6) is 0 Å². The first-order valence-corrected chi connectivity index (χ1v) is 44.4. The lowest BCUT2D eigenvalue weighted by Gasteiger charge is -2.21. The Balaban J connectivity index is 5.21. The number of aliphatic hydroxyl groups excluding tert-OH is 1. The second-order valence-corrected chi connectivity index (χ2v) is 32.9. The van der Waals surface area contributed by atoms with Crippen LogP contribution in [0, 0.1) is 17.8 Å². The third kappa shape index (κ3) is 72.8. The Hall–Kier alpha value is -1.94. The van der Waals surface area contributed by atoms with E-state index in [4.69, 9.17) is 37.0 Å². The zero-order valence-electron chi connectivity index (χ0n) is 65.0. The van der Waals surface area contributed by atoms with Gasteiger partial charge in [0.1, 0.15) is 19.3 Å². The molecule has 3 N–H and O–H groups in total.